The summed E-state index contributed by atoms with van der Waals surface area (Å²) >= 11 is 6.31. The summed E-state index contributed by atoms with van der Waals surface area (Å²) in [5.41, 5.74) is 3.30. The number of aromatic nitrogens is 2. The third-order valence-corrected chi connectivity index (χ3v) is 4.84. The average Bonchev–Trinajstić information content (AvgIpc) is 2.59. The zero-order valence-corrected chi connectivity index (χ0v) is 16.1. The number of anilines is 1. The van der Waals surface area contributed by atoms with Crippen LogP contribution in [0.2, 0.25) is 5.02 Å². The standard InChI is InChI=1S/C19H24ClN5O/c1-12-10-25(5-4-21-12)11-15-6-17(20)7-18(13(15)2)24-19(26)16-8-22-14(3)23-9-16/h6-9,12,21H,4-5,10-11H2,1-3H3,(H,24,26)/t12-/m0/s1. The fourth-order valence-electron chi connectivity index (χ4n) is 3.13. The van der Waals surface area contributed by atoms with Crippen LogP contribution in [0.25, 0.3) is 0 Å². The molecule has 3 rings (SSSR count). The minimum Gasteiger partial charge on any atom is -0.322 e. The SMILES string of the molecule is Cc1ncc(C(=O)Nc2cc(Cl)cc(CN3CCN[C@@H](C)C3)c2C)cn1. The summed E-state index contributed by atoms with van der Waals surface area (Å²) in [4.78, 5) is 23.0. The predicted molar refractivity (Wildman–Crippen MR) is 104 cm³/mol. The van der Waals surface area contributed by atoms with Gasteiger partial charge in [-0.05, 0) is 44.0 Å². The first kappa shape index (κ1) is 18.8. The van der Waals surface area contributed by atoms with Crippen LogP contribution in [0.3, 0.4) is 0 Å². The lowest BCUT2D eigenvalue weighted by Crippen LogP contribution is -2.48. The molecule has 1 atom stereocenters. The lowest BCUT2D eigenvalue weighted by molar-refractivity contribution is 0.102. The van der Waals surface area contributed by atoms with Gasteiger partial charge in [-0.1, -0.05) is 11.6 Å². The van der Waals surface area contributed by atoms with Crippen LogP contribution in [0.1, 0.15) is 34.2 Å². The molecule has 0 spiro atoms. The molecule has 0 saturated carbocycles. The van der Waals surface area contributed by atoms with E-state index in [0.717, 1.165) is 43.0 Å². The minimum atomic E-state index is -0.239. The van der Waals surface area contributed by atoms with Crippen molar-refractivity contribution in [2.75, 3.05) is 25.0 Å². The Hall–Kier alpha value is -2.02. The first-order valence-corrected chi connectivity index (χ1v) is 9.15. The fourth-order valence-corrected chi connectivity index (χ4v) is 3.37. The highest BCUT2D eigenvalue weighted by molar-refractivity contribution is 6.31. The van der Waals surface area contributed by atoms with Gasteiger partial charge in [0.25, 0.3) is 5.91 Å². The highest BCUT2D eigenvalue weighted by atomic mass is 35.5. The Morgan fingerprint density at radius 2 is 2.08 bits per heavy atom. The minimum absolute atomic E-state index is 0.239. The number of aryl methyl sites for hydroxylation is 1. The number of hydrogen-bond donors (Lipinski definition) is 2. The van der Waals surface area contributed by atoms with Gasteiger partial charge in [-0.2, -0.15) is 0 Å². The quantitative estimate of drug-likeness (QED) is 0.862. The summed E-state index contributed by atoms with van der Waals surface area (Å²) < 4.78 is 0. The highest BCUT2D eigenvalue weighted by Gasteiger charge is 2.18. The smallest absolute Gasteiger partial charge is 0.258 e. The summed E-state index contributed by atoms with van der Waals surface area (Å²) in [5, 5.41) is 7.00. The van der Waals surface area contributed by atoms with E-state index < -0.39 is 0 Å². The van der Waals surface area contributed by atoms with Crippen molar-refractivity contribution in [3.63, 3.8) is 0 Å². The Kier molecular flexibility index (Phi) is 5.86. The molecule has 1 aromatic carbocycles. The summed E-state index contributed by atoms with van der Waals surface area (Å²) in [6.45, 7) is 9.77. The van der Waals surface area contributed by atoms with Crippen molar-refractivity contribution < 1.29 is 4.79 Å². The van der Waals surface area contributed by atoms with Crippen molar-refractivity contribution in [2.24, 2.45) is 0 Å². The molecule has 1 aliphatic heterocycles. The lowest BCUT2D eigenvalue weighted by Gasteiger charge is -2.32. The van der Waals surface area contributed by atoms with E-state index in [4.69, 9.17) is 11.6 Å². The molecule has 0 unspecified atom stereocenters. The van der Waals surface area contributed by atoms with Gasteiger partial charge in [0, 0.05) is 55.3 Å². The largest absolute Gasteiger partial charge is 0.322 e. The van der Waals surface area contributed by atoms with Crippen molar-refractivity contribution in [3.8, 4) is 0 Å². The van der Waals surface area contributed by atoms with Gasteiger partial charge >= 0.3 is 0 Å². The molecule has 6 nitrogen and oxygen atoms in total. The molecule has 2 heterocycles. The number of amides is 1. The van der Waals surface area contributed by atoms with Gasteiger partial charge in [-0.25, -0.2) is 9.97 Å². The first-order valence-electron chi connectivity index (χ1n) is 8.77. The average molecular weight is 374 g/mol. The van der Waals surface area contributed by atoms with Crippen molar-refractivity contribution in [2.45, 2.75) is 33.4 Å². The van der Waals surface area contributed by atoms with Gasteiger partial charge in [-0.3, -0.25) is 9.69 Å². The fraction of sp³-hybridized carbons (Fsp3) is 0.421. The Morgan fingerprint density at radius 1 is 1.35 bits per heavy atom. The Bertz CT molecular complexity index is 793. The molecule has 1 amide bonds. The van der Waals surface area contributed by atoms with E-state index in [1.54, 1.807) is 13.0 Å². The third-order valence-electron chi connectivity index (χ3n) is 4.62. The van der Waals surface area contributed by atoms with Crippen molar-refractivity contribution in [1.29, 1.82) is 0 Å². The molecule has 7 heteroatoms. The molecule has 138 valence electrons. The summed E-state index contributed by atoms with van der Waals surface area (Å²) in [6, 6.07) is 4.24. The molecule has 1 aliphatic rings. The molecule has 0 radical (unpaired) electrons. The number of carbonyl (C=O) groups excluding carboxylic acids is 1. The van der Waals surface area contributed by atoms with Crippen LogP contribution in [0.5, 0.6) is 0 Å². The van der Waals surface area contributed by atoms with Crippen LogP contribution < -0.4 is 10.6 Å². The predicted octanol–water partition coefficient (Wildman–Crippen LogP) is 2.79. The van der Waals surface area contributed by atoms with Crippen LogP contribution in [0.15, 0.2) is 24.5 Å². The summed E-state index contributed by atoms with van der Waals surface area (Å²) in [5.74, 6) is 0.394. The second-order valence-electron chi connectivity index (χ2n) is 6.80. The molecule has 1 aromatic heterocycles. The highest BCUT2D eigenvalue weighted by Crippen LogP contribution is 2.26. The van der Waals surface area contributed by atoms with Gasteiger partial charge < -0.3 is 10.6 Å². The van der Waals surface area contributed by atoms with Gasteiger partial charge in [0.05, 0.1) is 5.56 Å². The summed E-state index contributed by atoms with van der Waals surface area (Å²) in [7, 11) is 0. The van der Waals surface area contributed by atoms with Crippen LogP contribution in [0, 0.1) is 13.8 Å². The number of piperazine rings is 1. The van der Waals surface area contributed by atoms with E-state index in [0.29, 0.717) is 22.5 Å². The van der Waals surface area contributed by atoms with Crippen LogP contribution in [-0.2, 0) is 6.54 Å². The Balaban J connectivity index is 1.78. The molecule has 1 fully saturated rings. The van der Waals surface area contributed by atoms with Crippen molar-refractivity contribution in [3.05, 3.63) is 52.1 Å². The molecule has 2 N–H and O–H groups in total. The van der Waals surface area contributed by atoms with E-state index in [1.807, 2.05) is 13.0 Å². The maximum Gasteiger partial charge on any atom is 0.258 e. The maximum absolute atomic E-state index is 12.5. The number of rotatable bonds is 4. The molecule has 1 saturated heterocycles. The van der Waals surface area contributed by atoms with E-state index in [1.165, 1.54) is 12.4 Å². The third kappa shape index (κ3) is 4.58. The van der Waals surface area contributed by atoms with Crippen LogP contribution >= 0.6 is 11.6 Å². The van der Waals surface area contributed by atoms with E-state index in [9.17, 15) is 4.79 Å². The molecular formula is C19H24ClN5O. The van der Waals surface area contributed by atoms with E-state index in [-0.39, 0.29) is 5.91 Å². The monoisotopic (exact) mass is 373 g/mol. The van der Waals surface area contributed by atoms with Crippen LogP contribution in [0.4, 0.5) is 5.69 Å². The normalized spacial score (nSPS) is 17.9. The lowest BCUT2D eigenvalue weighted by atomic mass is 10.0. The number of halogens is 1. The molecular weight excluding hydrogens is 350 g/mol. The number of nitrogens with zero attached hydrogens (tertiary/aromatic N) is 3. The van der Waals surface area contributed by atoms with Crippen LogP contribution in [-0.4, -0.2) is 46.5 Å². The zero-order chi connectivity index (χ0) is 18.7. The Labute approximate surface area is 159 Å². The number of carbonyl (C=O) groups is 1. The summed E-state index contributed by atoms with van der Waals surface area (Å²) in [6.07, 6.45) is 3.06. The maximum atomic E-state index is 12.5. The van der Waals surface area contributed by atoms with Gasteiger partial charge in [0.1, 0.15) is 5.82 Å². The van der Waals surface area contributed by atoms with E-state index >= 15 is 0 Å². The zero-order valence-electron chi connectivity index (χ0n) is 15.3. The van der Waals surface area contributed by atoms with Crippen molar-refractivity contribution >= 4 is 23.2 Å². The van der Waals surface area contributed by atoms with Crippen molar-refractivity contribution in [1.82, 2.24) is 20.2 Å². The topological polar surface area (TPSA) is 70.2 Å². The van der Waals surface area contributed by atoms with E-state index in [2.05, 4.69) is 32.4 Å². The number of benzene rings is 1. The first-order chi connectivity index (χ1) is 12.4. The number of hydrogen-bond acceptors (Lipinski definition) is 5. The van der Waals surface area contributed by atoms with Gasteiger partial charge in [0.15, 0.2) is 0 Å². The molecule has 0 aliphatic carbocycles. The molecule has 0 bridgehead atoms. The number of nitrogens with one attached hydrogen (secondary N) is 2. The second kappa shape index (κ2) is 8.12. The van der Waals surface area contributed by atoms with Gasteiger partial charge in [0.2, 0.25) is 0 Å². The second-order valence-corrected chi connectivity index (χ2v) is 7.24. The van der Waals surface area contributed by atoms with Gasteiger partial charge in [-0.15, -0.1) is 0 Å². The Morgan fingerprint density at radius 3 is 2.77 bits per heavy atom. The molecule has 26 heavy (non-hydrogen) atoms. The molecule has 2 aromatic rings.